The summed E-state index contributed by atoms with van der Waals surface area (Å²) in [5.41, 5.74) is 4.86. The van der Waals surface area contributed by atoms with Crippen LogP contribution in [0.25, 0.3) is 0 Å². The number of amides is 1. The first-order valence-corrected chi connectivity index (χ1v) is 4.57. The number of ether oxygens (including phenoxy) is 2. The number of carbonyl (C=O) groups excluding carboxylic acids is 1. The highest BCUT2D eigenvalue weighted by molar-refractivity contribution is 5.74. The molecule has 4 atom stereocenters. The average molecular weight is 221 g/mol. The molecule has 1 aliphatic heterocycles. The lowest BCUT2D eigenvalue weighted by molar-refractivity contribution is -0.255. The van der Waals surface area contributed by atoms with Gasteiger partial charge in [0, 0.05) is 6.42 Å². The molecule has 0 bridgehead atoms. The zero-order valence-corrected chi connectivity index (χ0v) is 8.07. The van der Waals surface area contributed by atoms with Gasteiger partial charge in [-0.3, -0.25) is 4.79 Å². The zero-order chi connectivity index (χ0) is 11.4. The molecule has 0 aromatic carbocycles. The summed E-state index contributed by atoms with van der Waals surface area (Å²) >= 11 is 0. The molecule has 1 unspecified atom stereocenters. The standard InChI is InChI=1S/C8H15NO6/c9-6(12)3-14-7-1-4(11)8(13)5(2-10)15-7/h4-5,7-8,10-11,13H,1-3H2,(H2,9,12)/t4-,5-,7?,8+/m1/s1. The fraction of sp³-hybridized carbons (Fsp3) is 0.875. The fourth-order valence-electron chi connectivity index (χ4n) is 1.35. The minimum atomic E-state index is -1.15. The van der Waals surface area contributed by atoms with Crippen molar-refractivity contribution in [2.45, 2.75) is 31.0 Å². The Hall–Kier alpha value is -0.730. The molecule has 1 saturated heterocycles. The SMILES string of the molecule is NC(=O)COC1C[C@@H](O)[C@H](O)[C@@H](CO)O1. The molecule has 0 saturated carbocycles. The molecule has 7 nitrogen and oxygen atoms in total. The van der Waals surface area contributed by atoms with Crippen molar-refractivity contribution in [3.63, 3.8) is 0 Å². The first kappa shape index (κ1) is 12.3. The van der Waals surface area contributed by atoms with Gasteiger partial charge in [-0.05, 0) is 0 Å². The second kappa shape index (κ2) is 5.38. The summed E-state index contributed by atoms with van der Waals surface area (Å²) in [5, 5.41) is 27.6. The molecule has 88 valence electrons. The minimum absolute atomic E-state index is 0.0327. The molecule has 7 heteroatoms. The number of hydrogen-bond donors (Lipinski definition) is 4. The molecule has 0 aromatic heterocycles. The molecule has 0 radical (unpaired) electrons. The highest BCUT2D eigenvalue weighted by Gasteiger charge is 2.36. The van der Waals surface area contributed by atoms with Crippen LogP contribution in [0.3, 0.4) is 0 Å². The maximum Gasteiger partial charge on any atom is 0.243 e. The van der Waals surface area contributed by atoms with Crippen LogP contribution in [0.1, 0.15) is 6.42 Å². The van der Waals surface area contributed by atoms with Crippen LogP contribution in [-0.4, -0.2) is 59.0 Å². The van der Waals surface area contributed by atoms with E-state index in [1.54, 1.807) is 0 Å². The monoisotopic (exact) mass is 221 g/mol. The van der Waals surface area contributed by atoms with Gasteiger partial charge in [-0.1, -0.05) is 0 Å². The van der Waals surface area contributed by atoms with Gasteiger partial charge in [0.05, 0.1) is 12.7 Å². The third-order valence-corrected chi connectivity index (χ3v) is 2.13. The van der Waals surface area contributed by atoms with Crippen LogP contribution in [0, 0.1) is 0 Å². The van der Waals surface area contributed by atoms with Gasteiger partial charge in [-0.15, -0.1) is 0 Å². The van der Waals surface area contributed by atoms with Crippen molar-refractivity contribution in [1.29, 1.82) is 0 Å². The van der Waals surface area contributed by atoms with Gasteiger partial charge < -0.3 is 30.5 Å². The molecule has 1 amide bonds. The van der Waals surface area contributed by atoms with Gasteiger partial charge >= 0.3 is 0 Å². The smallest absolute Gasteiger partial charge is 0.243 e. The Labute approximate surface area is 86.4 Å². The van der Waals surface area contributed by atoms with Gasteiger partial charge in [0.25, 0.3) is 0 Å². The number of rotatable bonds is 4. The van der Waals surface area contributed by atoms with Gasteiger partial charge in [-0.25, -0.2) is 0 Å². The summed E-state index contributed by atoms with van der Waals surface area (Å²) in [4.78, 5) is 10.4. The second-order valence-electron chi connectivity index (χ2n) is 3.36. The molecule has 0 aliphatic carbocycles. The molecule has 5 N–H and O–H groups in total. The summed E-state index contributed by atoms with van der Waals surface area (Å²) in [7, 11) is 0. The van der Waals surface area contributed by atoms with Crippen molar-refractivity contribution in [2.75, 3.05) is 13.2 Å². The largest absolute Gasteiger partial charge is 0.394 e. The van der Waals surface area contributed by atoms with Crippen LogP contribution in [-0.2, 0) is 14.3 Å². The highest BCUT2D eigenvalue weighted by Crippen LogP contribution is 2.20. The van der Waals surface area contributed by atoms with Crippen LogP contribution in [0.5, 0.6) is 0 Å². The van der Waals surface area contributed by atoms with Crippen molar-refractivity contribution in [1.82, 2.24) is 0 Å². The van der Waals surface area contributed by atoms with E-state index in [-0.39, 0.29) is 13.0 Å². The molecular weight excluding hydrogens is 206 g/mol. The van der Waals surface area contributed by atoms with E-state index >= 15 is 0 Å². The Bertz CT molecular complexity index is 223. The lowest BCUT2D eigenvalue weighted by atomic mass is 10.0. The predicted octanol–water partition coefficient (Wildman–Crippen LogP) is -2.68. The number of aliphatic hydroxyl groups is 3. The summed E-state index contributed by atoms with van der Waals surface area (Å²) in [6, 6.07) is 0. The van der Waals surface area contributed by atoms with E-state index in [1.807, 2.05) is 0 Å². The maximum atomic E-state index is 10.4. The van der Waals surface area contributed by atoms with E-state index < -0.39 is 37.1 Å². The molecule has 1 aliphatic rings. The number of carbonyl (C=O) groups is 1. The van der Waals surface area contributed by atoms with Gasteiger partial charge in [0.2, 0.25) is 5.91 Å². The van der Waals surface area contributed by atoms with E-state index in [0.29, 0.717) is 0 Å². The topological polar surface area (TPSA) is 122 Å². The molecule has 15 heavy (non-hydrogen) atoms. The molecule has 0 aromatic rings. The lowest BCUT2D eigenvalue weighted by Gasteiger charge is -2.35. The van der Waals surface area contributed by atoms with Crippen LogP contribution < -0.4 is 5.73 Å². The van der Waals surface area contributed by atoms with Crippen molar-refractivity contribution >= 4 is 5.91 Å². The molecular formula is C8H15NO6. The van der Waals surface area contributed by atoms with Crippen molar-refractivity contribution in [3.05, 3.63) is 0 Å². The van der Waals surface area contributed by atoms with Crippen LogP contribution in [0.15, 0.2) is 0 Å². The van der Waals surface area contributed by atoms with Gasteiger partial charge in [-0.2, -0.15) is 0 Å². The summed E-state index contributed by atoms with van der Waals surface area (Å²) in [6.07, 6.45) is -3.91. The van der Waals surface area contributed by atoms with E-state index in [0.717, 1.165) is 0 Å². The second-order valence-corrected chi connectivity index (χ2v) is 3.36. The minimum Gasteiger partial charge on any atom is -0.394 e. The van der Waals surface area contributed by atoms with Crippen LogP contribution >= 0.6 is 0 Å². The lowest BCUT2D eigenvalue weighted by Crippen LogP contribution is -2.50. The van der Waals surface area contributed by atoms with Crippen molar-refractivity contribution in [2.24, 2.45) is 5.73 Å². The maximum absolute atomic E-state index is 10.4. The van der Waals surface area contributed by atoms with Crippen molar-refractivity contribution in [3.8, 4) is 0 Å². The van der Waals surface area contributed by atoms with Crippen molar-refractivity contribution < 1.29 is 29.6 Å². The number of nitrogens with two attached hydrogens (primary N) is 1. The molecule has 1 rings (SSSR count). The summed E-state index contributed by atoms with van der Waals surface area (Å²) in [6.45, 7) is -0.764. The normalized spacial score (nSPS) is 36.5. The molecule has 1 fully saturated rings. The highest BCUT2D eigenvalue weighted by atomic mass is 16.7. The van der Waals surface area contributed by atoms with Crippen LogP contribution in [0.2, 0.25) is 0 Å². The van der Waals surface area contributed by atoms with Crippen LogP contribution in [0.4, 0.5) is 0 Å². The first-order chi connectivity index (χ1) is 7.04. The predicted molar refractivity (Wildman–Crippen MR) is 47.5 cm³/mol. The van der Waals surface area contributed by atoms with E-state index in [2.05, 4.69) is 0 Å². The third-order valence-electron chi connectivity index (χ3n) is 2.13. The fourth-order valence-corrected chi connectivity index (χ4v) is 1.35. The Balaban J connectivity index is 2.44. The summed E-state index contributed by atoms with van der Waals surface area (Å²) in [5.74, 6) is -0.653. The Morgan fingerprint density at radius 3 is 2.73 bits per heavy atom. The zero-order valence-electron chi connectivity index (χ0n) is 8.07. The number of hydrogen-bond acceptors (Lipinski definition) is 6. The van der Waals surface area contributed by atoms with E-state index in [9.17, 15) is 15.0 Å². The average Bonchev–Trinajstić information content (AvgIpc) is 2.19. The first-order valence-electron chi connectivity index (χ1n) is 4.57. The van der Waals surface area contributed by atoms with Gasteiger partial charge in [0.15, 0.2) is 6.29 Å². The number of aliphatic hydroxyl groups excluding tert-OH is 3. The summed E-state index contributed by atoms with van der Waals surface area (Å²) < 4.78 is 9.99. The Morgan fingerprint density at radius 2 is 2.20 bits per heavy atom. The molecule has 0 spiro atoms. The Morgan fingerprint density at radius 1 is 1.53 bits per heavy atom. The van der Waals surface area contributed by atoms with Gasteiger partial charge in [0.1, 0.15) is 18.8 Å². The number of primary amides is 1. The Kier molecular flexibility index (Phi) is 4.43. The third kappa shape index (κ3) is 3.40. The molecule has 1 heterocycles. The van der Waals surface area contributed by atoms with E-state index in [4.69, 9.17) is 20.3 Å². The quantitative estimate of drug-likeness (QED) is 0.410. The van der Waals surface area contributed by atoms with E-state index in [1.165, 1.54) is 0 Å².